The summed E-state index contributed by atoms with van der Waals surface area (Å²) in [7, 11) is 1.67. The van der Waals surface area contributed by atoms with E-state index in [-0.39, 0.29) is 11.6 Å². The van der Waals surface area contributed by atoms with Crippen molar-refractivity contribution in [2.24, 2.45) is 7.05 Å². The van der Waals surface area contributed by atoms with Crippen LogP contribution >= 0.6 is 0 Å². The van der Waals surface area contributed by atoms with Crippen molar-refractivity contribution in [3.05, 3.63) is 41.7 Å². The minimum Gasteiger partial charge on any atom is -0.478 e. The van der Waals surface area contributed by atoms with Crippen molar-refractivity contribution in [3.63, 3.8) is 0 Å². The normalized spacial score (nSPS) is 10.1. The lowest BCUT2D eigenvalue weighted by atomic mass is 10.1. The first-order valence-electron chi connectivity index (χ1n) is 6.27. The number of nitrogens with one attached hydrogen (secondary N) is 2. The summed E-state index contributed by atoms with van der Waals surface area (Å²) < 4.78 is 1.45. The van der Waals surface area contributed by atoms with Crippen molar-refractivity contribution >= 4 is 17.9 Å². The van der Waals surface area contributed by atoms with Gasteiger partial charge < -0.3 is 10.4 Å². The van der Waals surface area contributed by atoms with Crippen LogP contribution in [0.2, 0.25) is 0 Å². The molecule has 8 nitrogen and oxygen atoms in total. The van der Waals surface area contributed by atoms with Crippen LogP contribution in [0, 0.1) is 0 Å². The molecule has 0 atom stereocenters. The van der Waals surface area contributed by atoms with Crippen LogP contribution < -0.4 is 10.6 Å². The molecule has 1 aromatic carbocycles. The van der Waals surface area contributed by atoms with E-state index >= 15 is 0 Å². The van der Waals surface area contributed by atoms with Crippen molar-refractivity contribution < 1.29 is 14.7 Å². The van der Waals surface area contributed by atoms with Gasteiger partial charge in [0.05, 0.1) is 5.56 Å². The lowest BCUT2D eigenvalue weighted by Crippen LogP contribution is -2.31. The fraction of sp³-hybridized carbons (Fsp3) is 0.231. The predicted octanol–water partition coefficient (Wildman–Crippen LogP) is 0.877. The van der Waals surface area contributed by atoms with E-state index < -0.39 is 5.97 Å². The third-order valence-electron chi connectivity index (χ3n) is 2.84. The molecular formula is C13H15N5O3. The molecule has 2 rings (SSSR count). The third kappa shape index (κ3) is 4.03. The summed E-state index contributed by atoms with van der Waals surface area (Å²) in [5, 5.41) is 17.9. The molecule has 0 unspecified atom stereocenters. The molecule has 8 heteroatoms. The largest absolute Gasteiger partial charge is 0.478 e. The summed E-state index contributed by atoms with van der Waals surface area (Å²) in [5.74, 6) is -0.596. The van der Waals surface area contributed by atoms with E-state index in [9.17, 15) is 9.59 Å². The summed E-state index contributed by atoms with van der Waals surface area (Å²) in [5.41, 5.74) is 1.19. The Bertz CT molecular complexity index is 636. The summed E-state index contributed by atoms with van der Waals surface area (Å²) in [4.78, 5) is 26.2. The molecule has 0 aliphatic heterocycles. The van der Waals surface area contributed by atoms with Gasteiger partial charge in [-0.3, -0.25) is 5.32 Å². The molecule has 2 aromatic rings. The predicted molar refractivity (Wildman–Crippen MR) is 75.1 cm³/mol. The van der Waals surface area contributed by atoms with Gasteiger partial charge in [-0.05, 0) is 24.1 Å². The Labute approximate surface area is 120 Å². The second-order valence-electron chi connectivity index (χ2n) is 4.34. The highest BCUT2D eigenvalue weighted by Crippen LogP contribution is 2.05. The topological polar surface area (TPSA) is 109 Å². The molecule has 0 saturated heterocycles. The van der Waals surface area contributed by atoms with Crippen LogP contribution in [0.5, 0.6) is 0 Å². The lowest BCUT2D eigenvalue weighted by molar-refractivity contribution is 0.0697. The number of urea groups is 1. The van der Waals surface area contributed by atoms with Gasteiger partial charge in [0.1, 0.15) is 6.33 Å². The maximum Gasteiger partial charge on any atom is 0.335 e. The van der Waals surface area contributed by atoms with Gasteiger partial charge in [0, 0.05) is 13.6 Å². The molecule has 110 valence electrons. The maximum absolute atomic E-state index is 11.6. The fourth-order valence-electron chi connectivity index (χ4n) is 1.69. The number of nitrogens with zero attached hydrogens (tertiary/aromatic N) is 3. The summed E-state index contributed by atoms with van der Waals surface area (Å²) in [6.07, 6.45) is 1.95. The monoisotopic (exact) mass is 289 g/mol. The third-order valence-corrected chi connectivity index (χ3v) is 2.84. The van der Waals surface area contributed by atoms with Crippen LogP contribution in [0.3, 0.4) is 0 Å². The average molecular weight is 289 g/mol. The zero-order chi connectivity index (χ0) is 15.2. The molecule has 21 heavy (non-hydrogen) atoms. The summed E-state index contributed by atoms with van der Waals surface area (Å²) in [6, 6.07) is 6.17. The number of aromatic carboxylic acids is 1. The number of aromatic nitrogens is 3. The molecule has 3 N–H and O–H groups in total. The second kappa shape index (κ2) is 6.51. The van der Waals surface area contributed by atoms with Crippen molar-refractivity contribution in [1.29, 1.82) is 0 Å². The quantitative estimate of drug-likeness (QED) is 0.757. The number of aryl methyl sites for hydroxylation is 1. The first kappa shape index (κ1) is 14.5. The van der Waals surface area contributed by atoms with Crippen LogP contribution in [-0.4, -0.2) is 38.4 Å². The summed E-state index contributed by atoms with van der Waals surface area (Å²) in [6.45, 7) is 0.427. The van der Waals surface area contributed by atoms with Crippen molar-refractivity contribution in [1.82, 2.24) is 20.1 Å². The van der Waals surface area contributed by atoms with E-state index in [1.807, 2.05) is 0 Å². The molecule has 0 saturated carbocycles. The van der Waals surface area contributed by atoms with Gasteiger partial charge in [0.2, 0.25) is 5.95 Å². The Balaban J connectivity index is 1.77. The molecular weight excluding hydrogens is 274 g/mol. The molecule has 0 aliphatic rings. The number of carbonyl (C=O) groups is 2. The van der Waals surface area contributed by atoms with E-state index in [0.29, 0.717) is 18.9 Å². The molecule has 0 fully saturated rings. The highest BCUT2D eigenvalue weighted by molar-refractivity contribution is 5.88. The number of rotatable bonds is 5. The van der Waals surface area contributed by atoms with Crippen molar-refractivity contribution in [2.75, 3.05) is 11.9 Å². The van der Waals surface area contributed by atoms with E-state index in [0.717, 1.165) is 5.56 Å². The number of carboxylic acids is 1. The standard InChI is InChI=1S/C13H15N5O3/c1-18-12(15-8-16-18)17-13(21)14-7-6-9-2-4-10(5-3-9)11(19)20/h2-5,8H,6-7H2,1H3,(H,19,20)(H2,14,15,16,17,21). The number of anilines is 1. The van der Waals surface area contributed by atoms with E-state index in [2.05, 4.69) is 20.7 Å². The number of carboxylic acid groups (broad SMARTS) is 1. The van der Waals surface area contributed by atoms with Gasteiger partial charge in [-0.1, -0.05) is 12.1 Å². The lowest BCUT2D eigenvalue weighted by Gasteiger charge is -2.07. The van der Waals surface area contributed by atoms with Crippen LogP contribution in [0.25, 0.3) is 0 Å². The molecule has 1 aromatic heterocycles. The molecule has 0 bridgehead atoms. The van der Waals surface area contributed by atoms with E-state index in [1.54, 1.807) is 19.2 Å². The average Bonchev–Trinajstić information content (AvgIpc) is 2.85. The van der Waals surface area contributed by atoms with Crippen molar-refractivity contribution in [2.45, 2.75) is 6.42 Å². The second-order valence-corrected chi connectivity index (χ2v) is 4.34. The SMILES string of the molecule is Cn1ncnc1NC(=O)NCCc1ccc(C(=O)O)cc1. The van der Waals surface area contributed by atoms with E-state index in [4.69, 9.17) is 5.11 Å². The zero-order valence-electron chi connectivity index (χ0n) is 11.4. The minimum atomic E-state index is -0.956. The fourth-order valence-corrected chi connectivity index (χ4v) is 1.69. The van der Waals surface area contributed by atoms with Gasteiger partial charge in [-0.2, -0.15) is 10.1 Å². The molecule has 1 heterocycles. The van der Waals surface area contributed by atoms with Gasteiger partial charge in [-0.15, -0.1) is 0 Å². The Morgan fingerprint density at radius 3 is 2.57 bits per heavy atom. The van der Waals surface area contributed by atoms with Crippen LogP contribution in [0.15, 0.2) is 30.6 Å². The van der Waals surface area contributed by atoms with E-state index in [1.165, 1.54) is 23.1 Å². The zero-order valence-corrected chi connectivity index (χ0v) is 11.4. The van der Waals surface area contributed by atoms with Gasteiger partial charge in [0.15, 0.2) is 0 Å². The Morgan fingerprint density at radius 1 is 1.29 bits per heavy atom. The molecule has 0 spiro atoms. The minimum absolute atomic E-state index is 0.242. The molecule has 2 amide bonds. The van der Waals surface area contributed by atoms with Crippen LogP contribution in [0.1, 0.15) is 15.9 Å². The first-order valence-corrected chi connectivity index (χ1v) is 6.27. The number of carbonyl (C=O) groups excluding carboxylic acids is 1. The van der Waals surface area contributed by atoms with Gasteiger partial charge in [-0.25, -0.2) is 14.3 Å². The summed E-state index contributed by atoms with van der Waals surface area (Å²) >= 11 is 0. The Morgan fingerprint density at radius 2 is 2.00 bits per heavy atom. The van der Waals surface area contributed by atoms with Gasteiger partial charge in [0.25, 0.3) is 0 Å². The molecule has 0 aliphatic carbocycles. The van der Waals surface area contributed by atoms with Gasteiger partial charge >= 0.3 is 12.0 Å². The first-order chi connectivity index (χ1) is 10.1. The number of hydrogen-bond acceptors (Lipinski definition) is 4. The number of hydrogen-bond donors (Lipinski definition) is 3. The Hall–Kier alpha value is -2.90. The smallest absolute Gasteiger partial charge is 0.335 e. The van der Waals surface area contributed by atoms with Crippen LogP contribution in [-0.2, 0) is 13.5 Å². The van der Waals surface area contributed by atoms with Crippen molar-refractivity contribution in [3.8, 4) is 0 Å². The Kier molecular flexibility index (Phi) is 4.50. The maximum atomic E-state index is 11.6. The molecule has 0 radical (unpaired) electrons. The number of amides is 2. The highest BCUT2D eigenvalue weighted by atomic mass is 16.4. The highest BCUT2D eigenvalue weighted by Gasteiger charge is 2.06. The van der Waals surface area contributed by atoms with Crippen LogP contribution in [0.4, 0.5) is 10.7 Å². The number of benzene rings is 1.